The lowest BCUT2D eigenvalue weighted by atomic mass is 10.1. The van der Waals surface area contributed by atoms with Crippen LogP contribution in [0.2, 0.25) is 18.1 Å². The van der Waals surface area contributed by atoms with E-state index in [4.69, 9.17) is 13.9 Å². The molecule has 0 heterocycles. The summed E-state index contributed by atoms with van der Waals surface area (Å²) in [5.74, 6) is 0. The minimum Gasteiger partial charge on any atom is -0.414 e. The number of hydrogen-bond acceptors (Lipinski definition) is 3. The van der Waals surface area contributed by atoms with Crippen molar-refractivity contribution in [1.82, 2.24) is 0 Å². The van der Waals surface area contributed by atoms with Gasteiger partial charge in [-0.15, -0.1) is 0 Å². The van der Waals surface area contributed by atoms with Crippen LogP contribution in [0.4, 0.5) is 0 Å². The van der Waals surface area contributed by atoms with Gasteiger partial charge in [0.25, 0.3) is 0 Å². The van der Waals surface area contributed by atoms with E-state index in [1.807, 2.05) is 12.1 Å². The number of benzene rings is 2. The van der Waals surface area contributed by atoms with Gasteiger partial charge < -0.3 is 13.9 Å². The molecule has 0 bridgehead atoms. The van der Waals surface area contributed by atoms with Crippen molar-refractivity contribution >= 4 is 8.32 Å². The normalized spacial score (nSPS) is 14.6. The molecule has 2 aromatic rings. The van der Waals surface area contributed by atoms with Crippen LogP contribution < -0.4 is 0 Å². The first-order valence-corrected chi connectivity index (χ1v) is 14.5. The summed E-state index contributed by atoms with van der Waals surface area (Å²) in [6.07, 6.45) is 2.11. The van der Waals surface area contributed by atoms with E-state index in [9.17, 15) is 0 Å². The monoisotopic (exact) mass is 442 g/mol. The summed E-state index contributed by atoms with van der Waals surface area (Å²) in [5, 5.41) is 0.174. The molecule has 0 unspecified atom stereocenters. The zero-order chi connectivity index (χ0) is 22.9. The third-order valence-electron chi connectivity index (χ3n) is 6.21. The summed E-state index contributed by atoms with van der Waals surface area (Å²) in [7, 11) is -1.89. The predicted molar refractivity (Wildman–Crippen MR) is 133 cm³/mol. The van der Waals surface area contributed by atoms with Gasteiger partial charge >= 0.3 is 0 Å². The molecule has 0 N–H and O–H groups in total. The molecule has 0 amide bonds. The summed E-state index contributed by atoms with van der Waals surface area (Å²) >= 11 is 0. The fourth-order valence-corrected chi connectivity index (χ4v) is 4.67. The van der Waals surface area contributed by atoms with Crippen LogP contribution in [0.15, 0.2) is 60.7 Å². The van der Waals surface area contributed by atoms with Gasteiger partial charge in [0.05, 0.1) is 25.4 Å². The molecule has 0 aliphatic heterocycles. The van der Waals surface area contributed by atoms with Crippen LogP contribution in [0.1, 0.15) is 58.6 Å². The molecular formula is C27H42O3Si. The number of rotatable bonds is 12. The van der Waals surface area contributed by atoms with Crippen molar-refractivity contribution < 1.29 is 13.9 Å². The Bertz CT molecular complexity index is 689. The lowest BCUT2D eigenvalue weighted by molar-refractivity contribution is -0.0136. The summed E-state index contributed by atoms with van der Waals surface area (Å²) in [4.78, 5) is 0. The highest BCUT2D eigenvalue weighted by Crippen LogP contribution is 2.38. The molecule has 31 heavy (non-hydrogen) atoms. The molecule has 0 saturated heterocycles. The minimum atomic E-state index is -1.89. The summed E-state index contributed by atoms with van der Waals surface area (Å²) in [5.41, 5.74) is 2.41. The average Bonchev–Trinajstić information content (AvgIpc) is 2.71. The third-order valence-corrected chi connectivity index (χ3v) is 10.7. The topological polar surface area (TPSA) is 27.7 Å². The van der Waals surface area contributed by atoms with Crippen LogP contribution in [0.5, 0.6) is 0 Å². The van der Waals surface area contributed by atoms with Crippen LogP contribution >= 0.6 is 0 Å². The molecule has 0 aromatic heterocycles. The van der Waals surface area contributed by atoms with Crippen LogP contribution in [0.25, 0.3) is 0 Å². The molecule has 172 valence electrons. The van der Waals surface area contributed by atoms with Crippen molar-refractivity contribution in [3.8, 4) is 0 Å². The van der Waals surface area contributed by atoms with Crippen molar-refractivity contribution in [1.29, 1.82) is 0 Å². The minimum absolute atomic E-state index is 0.122. The molecule has 3 nitrogen and oxygen atoms in total. The summed E-state index contributed by atoms with van der Waals surface area (Å²) in [6.45, 7) is 17.1. The second-order valence-electron chi connectivity index (χ2n) is 10.2. The molecule has 2 atom stereocenters. The molecule has 0 aliphatic carbocycles. The van der Waals surface area contributed by atoms with E-state index in [1.54, 1.807) is 0 Å². The van der Waals surface area contributed by atoms with Gasteiger partial charge in [-0.1, -0.05) is 81.4 Å². The number of hydrogen-bond donors (Lipinski definition) is 0. The molecule has 4 heteroatoms. The van der Waals surface area contributed by atoms with Crippen LogP contribution in [0, 0.1) is 0 Å². The van der Waals surface area contributed by atoms with Gasteiger partial charge in [0.2, 0.25) is 0 Å². The van der Waals surface area contributed by atoms with Crippen molar-refractivity contribution in [2.75, 3.05) is 0 Å². The zero-order valence-electron chi connectivity index (χ0n) is 20.6. The molecule has 0 spiro atoms. The standard InChI is InChI=1S/C27H42O3Si/c1-22(28-20-24-14-10-8-11-15-24)18-26(30-31(6,7)27(3,4)5)19-23(2)29-21-25-16-12-9-13-17-25/h8-17,22-23,26H,18-21H2,1-7H3/t22-,23-/m0/s1. The summed E-state index contributed by atoms with van der Waals surface area (Å²) < 4.78 is 19.2. The van der Waals surface area contributed by atoms with Gasteiger partial charge in [0, 0.05) is 6.10 Å². The highest BCUT2D eigenvalue weighted by atomic mass is 28.4. The van der Waals surface area contributed by atoms with Crippen molar-refractivity contribution in [2.24, 2.45) is 0 Å². The fourth-order valence-electron chi connectivity index (χ4n) is 3.29. The molecule has 0 fully saturated rings. The first-order valence-electron chi connectivity index (χ1n) is 11.6. The Hall–Kier alpha value is -1.46. The molecule has 2 aromatic carbocycles. The maximum Gasteiger partial charge on any atom is 0.192 e. The van der Waals surface area contributed by atoms with E-state index in [0.29, 0.717) is 13.2 Å². The van der Waals surface area contributed by atoms with Crippen LogP contribution in [-0.4, -0.2) is 26.6 Å². The lowest BCUT2D eigenvalue weighted by Crippen LogP contribution is -2.45. The Labute approximate surface area is 191 Å². The van der Waals surface area contributed by atoms with Crippen LogP contribution in [0.3, 0.4) is 0 Å². The van der Waals surface area contributed by atoms with Gasteiger partial charge in [-0.2, -0.15) is 0 Å². The maximum atomic E-state index is 6.83. The molecule has 0 radical (unpaired) electrons. The van der Waals surface area contributed by atoms with E-state index in [0.717, 1.165) is 12.8 Å². The van der Waals surface area contributed by atoms with Crippen molar-refractivity contribution in [2.45, 2.75) is 97.1 Å². The predicted octanol–water partition coefficient (Wildman–Crippen LogP) is 7.37. The smallest absolute Gasteiger partial charge is 0.192 e. The second-order valence-corrected chi connectivity index (χ2v) is 14.9. The zero-order valence-corrected chi connectivity index (χ0v) is 21.6. The van der Waals surface area contributed by atoms with Gasteiger partial charge in [-0.3, -0.25) is 0 Å². The maximum absolute atomic E-state index is 6.83. The van der Waals surface area contributed by atoms with Gasteiger partial charge in [0.1, 0.15) is 0 Å². The Morgan fingerprint density at radius 3 is 1.45 bits per heavy atom. The largest absolute Gasteiger partial charge is 0.414 e. The van der Waals surface area contributed by atoms with E-state index < -0.39 is 8.32 Å². The summed E-state index contributed by atoms with van der Waals surface area (Å²) in [6, 6.07) is 20.7. The van der Waals surface area contributed by atoms with E-state index >= 15 is 0 Å². The van der Waals surface area contributed by atoms with Gasteiger partial charge in [-0.05, 0) is 55.9 Å². The Balaban J connectivity index is 1.96. The molecule has 0 saturated carbocycles. The van der Waals surface area contributed by atoms with Gasteiger partial charge in [-0.25, -0.2) is 0 Å². The Morgan fingerprint density at radius 1 is 0.710 bits per heavy atom. The third kappa shape index (κ3) is 9.28. The van der Waals surface area contributed by atoms with E-state index in [-0.39, 0.29) is 23.4 Å². The Kier molecular flexibility index (Phi) is 9.95. The Morgan fingerprint density at radius 2 is 1.10 bits per heavy atom. The first kappa shape index (κ1) is 25.8. The SMILES string of the molecule is C[C@@H](CC(C[C@H](C)OCc1ccccc1)O[Si](C)(C)C(C)(C)C)OCc1ccccc1. The number of ether oxygens (including phenoxy) is 2. The van der Waals surface area contributed by atoms with Crippen molar-refractivity contribution in [3.63, 3.8) is 0 Å². The van der Waals surface area contributed by atoms with Crippen molar-refractivity contribution in [3.05, 3.63) is 71.8 Å². The quantitative estimate of drug-likeness (QED) is 0.321. The first-order chi connectivity index (χ1) is 14.6. The molecule has 0 aliphatic rings. The van der Waals surface area contributed by atoms with E-state index in [2.05, 4.69) is 96.2 Å². The van der Waals surface area contributed by atoms with Crippen LogP contribution in [-0.2, 0) is 27.1 Å². The highest BCUT2D eigenvalue weighted by Gasteiger charge is 2.39. The van der Waals surface area contributed by atoms with E-state index in [1.165, 1.54) is 11.1 Å². The molecular weight excluding hydrogens is 400 g/mol. The average molecular weight is 443 g/mol. The fraction of sp³-hybridized carbons (Fsp3) is 0.556. The molecule has 2 rings (SSSR count). The lowest BCUT2D eigenvalue weighted by Gasteiger charge is -2.40. The highest BCUT2D eigenvalue weighted by molar-refractivity contribution is 6.74. The second kappa shape index (κ2) is 12.0. The van der Waals surface area contributed by atoms with Gasteiger partial charge in [0.15, 0.2) is 8.32 Å².